The van der Waals surface area contributed by atoms with Crippen LogP contribution >= 0.6 is 28.4 Å². The Morgan fingerprint density at radius 2 is 1.28 bits per heavy atom. The largest absolute Gasteiger partial charge is 0.450 e. The van der Waals surface area contributed by atoms with Crippen molar-refractivity contribution in [1.29, 1.82) is 0 Å². The highest BCUT2D eigenvalue weighted by atomic mass is 31.0. The molecule has 190 valence electrons. The van der Waals surface area contributed by atoms with Crippen LogP contribution in [0, 0.1) is 0 Å². The summed E-state index contributed by atoms with van der Waals surface area (Å²) in [5.74, 6) is -0.742. The Balaban J connectivity index is -0.000000189. The summed E-state index contributed by atoms with van der Waals surface area (Å²) in [6.45, 7) is 7.52. The first-order valence-electron chi connectivity index (χ1n) is 10.2. The molecule has 6 atom stereocenters. The highest BCUT2D eigenvalue weighted by Gasteiger charge is 2.15. The van der Waals surface area contributed by atoms with Gasteiger partial charge in [-0.05, 0) is 47.3 Å². The van der Waals surface area contributed by atoms with Gasteiger partial charge in [-0.1, -0.05) is 38.0 Å². The van der Waals surface area contributed by atoms with Gasteiger partial charge in [0.25, 0.3) is 0 Å². The summed E-state index contributed by atoms with van der Waals surface area (Å²) in [7, 11) is 11.0. The number of hydrogen-bond donors (Lipinski definition) is 3. The van der Waals surface area contributed by atoms with Gasteiger partial charge in [-0.2, -0.15) is 0 Å². The molecule has 0 aromatic heterocycles. The van der Waals surface area contributed by atoms with E-state index in [1.165, 1.54) is 0 Å². The second-order valence-electron chi connectivity index (χ2n) is 6.31. The van der Waals surface area contributed by atoms with E-state index >= 15 is 0 Å². The maximum atomic E-state index is 10.9. The number of carbonyl (C=O) groups is 3. The van der Waals surface area contributed by atoms with Crippen LogP contribution in [0.4, 0.5) is 0 Å². The van der Waals surface area contributed by atoms with Crippen molar-refractivity contribution in [2.24, 2.45) is 0 Å². The highest BCUT2D eigenvalue weighted by molar-refractivity contribution is 7.11. The van der Waals surface area contributed by atoms with E-state index in [2.05, 4.69) is 43.0 Å². The van der Waals surface area contributed by atoms with Crippen LogP contribution < -0.4 is 16.0 Å². The lowest BCUT2D eigenvalue weighted by Crippen LogP contribution is -2.33. The lowest BCUT2D eigenvalue weighted by atomic mass is 10.1. The van der Waals surface area contributed by atoms with Crippen LogP contribution in [0.25, 0.3) is 0 Å². The van der Waals surface area contributed by atoms with Crippen molar-refractivity contribution in [3.05, 3.63) is 24.8 Å². The molecule has 0 spiro atoms. The zero-order valence-electron chi connectivity index (χ0n) is 19.9. The average Bonchev–Trinajstić information content (AvgIpc) is 2.83. The average molecular weight is 516 g/mol. The SMILES string of the molecule is C/C=C/CC(NC)C(=O)OP.C=CCC(NC)C(=O)OP.CCCCC(NC)C(=O)OP.[HH]. The van der Waals surface area contributed by atoms with Gasteiger partial charge in [-0.15, -0.1) is 6.58 Å². The molecule has 0 aliphatic rings. The number of carbonyl (C=O) groups excluding carboxylic acids is 3. The van der Waals surface area contributed by atoms with Gasteiger partial charge in [0.15, 0.2) is 0 Å². The van der Waals surface area contributed by atoms with Crippen molar-refractivity contribution in [3.8, 4) is 0 Å². The Kier molecular flexibility index (Phi) is 29.3. The van der Waals surface area contributed by atoms with Crippen molar-refractivity contribution in [1.82, 2.24) is 16.0 Å². The Bertz CT molecular complexity index is 545. The normalized spacial score (nSPS) is 12.8. The topological polar surface area (TPSA) is 115 Å². The monoisotopic (exact) mass is 515 g/mol. The molecule has 0 radical (unpaired) electrons. The van der Waals surface area contributed by atoms with E-state index in [0.29, 0.717) is 12.8 Å². The van der Waals surface area contributed by atoms with E-state index in [1.54, 1.807) is 27.2 Å². The molecule has 0 aromatic rings. The van der Waals surface area contributed by atoms with Crippen LogP contribution in [-0.4, -0.2) is 57.2 Å². The third-order valence-electron chi connectivity index (χ3n) is 4.10. The predicted molar refractivity (Wildman–Crippen MR) is 142 cm³/mol. The predicted octanol–water partition coefficient (Wildman–Crippen LogP) is 2.70. The maximum Gasteiger partial charge on any atom is 0.325 e. The van der Waals surface area contributed by atoms with Crippen LogP contribution in [0.1, 0.15) is 47.4 Å². The minimum atomic E-state index is -0.285. The zero-order chi connectivity index (χ0) is 25.4. The van der Waals surface area contributed by atoms with Crippen LogP contribution in [0.5, 0.6) is 0 Å². The molecule has 0 heterocycles. The molecular formula is C20H44N3O6P3. The summed E-state index contributed by atoms with van der Waals surface area (Å²) < 4.78 is 13.4. The number of likely N-dealkylation sites (N-methyl/N-ethyl adjacent to an activating group) is 3. The summed E-state index contributed by atoms with van der Waals surface area (Å²) in [4.78, 5) is 32.6. The fraction of sp³-hybridized carbons (Fsp3) is 0.650. The number of unbranched alkanes of at least 4 members (excludes halogenated alkanes) is 1. The fourth-order valence-electron chi connectivity index (χ4n) is 2.14. The summed E-state index contributed by atoms with van der Waals surface area (Å²) in [6, 6.07) is -0.647. The van der Waals surface area contributed by atoms with Gasteiger partial charge in [0.1, 0.15) is 18.1 Å². The number of rotatable bonds is 13. The molecule has 0 bridgehead atoms. The third-order valence-corrected chi connectivity index (χ3v) is 4.80. The molecule has 0 rings (SSSR count). The van der Waals surface area contributed by atoms with Gasteiger partial charge in [-0.3, -0.25) is 14.4 Å². The molecule has 0 aliphatic heterocycles. The van der Waals surface area contributed by atoms with E-state index in [1.807, 2.05) is 47.5 Å². The van der Waals surface area contributed by atoms with Gasteiger partial charge >= 0.3 is 17.9 Å². The molecule has 6 unspecified atom stereocenters. The number of nitrogens with one attached hydrogen (secondary N) is 3. The van der Waals surface area contributed by atoms with Crippen LogP contribution in [0.2, 0.25) is 0 Å². The van der Waals surface area contributed by atoms with Crippen LogP contribution in [0.3, 0.4) is 0 Å². The molecule has 0 amide bonds. The van der Waals surface area contributed by atoms with Crippen molar-refractivity contribution in [2.45, 2.75) is 64.1 Å². The molecule has 32 heavy (non-hydrogen) atoms. The van der Waals surface area contributed by atoms with E-state index in [0.717, 1.165) is 19.3 Å². The van der Waals surface area contributed by atoms with Crippen molar-refractivity contribution >= 4 is 46.3 Å². The Morgan fingerprint density at radius 1 is 0.875 bits per heavy atom. The molecule has 0 aromatic carbocycles. The molecule has 12 heteroatoms. The molecule has 0 fully saturated rings. The van der Waals surface area contributed by atoms with Crippen LogP contribution in [-0.2, 0) is 28.0 Å². The minimum absolute atomic E-state index is 0. The molecule has 3 N–H and O–H groups in total. The molecule has 9 nitrogen and oxygen atoms in total. The lowest BCUT2D eigenvalue weighted by molar-refractivity contribution is -0.136. The molecule has 0 saturated heterocycles. The van der Waals surface area contributed by atoms with Gasteiger partial charge in [0.05, 0.1) is 28.4 Å². The quantitative estimate of drug-likeness (QED) is 0.252. The molecule has 0 saturated carbocycles. The summed E-state index contributed by atoms with van der Waals surface area (Å²) >= 11 is 0. The summed E-state index contributed by atoms with van der Waals surface area (Å²) in [6.07, 6.45) is 9.74. The lowest BCUT2D eigenvalue weighted by Gasteiger charge is -2.11. The minimum Gasteiger partial charge on any atom is -0.450 e. The van der Waals surface area contributed by atoms with Gasteiger partial charge in [0, 0.05) is 1.43 Å². The van der Waals surface area contributed by atoms with E-state index < -0.39 is 0 Å². The summed E-state index contributed by atoms with van der Waals surface area (Å²) in [5, 5.41) is 8.54. The fourth-order valence-corrected chi connectivity index (χ4v) is 2.63. The van der Waals surface area contributed by atoms with Crippen LogP contribution in [0.15, 0.2) is 24.8 Å². The van der Waals surface area contributed by atoms with Crippen molar-refractivity contribution in [3.63, 3.8) is 0 Å². The smallest absolute Gasteiger partial charge is 0.325 e. The number of hydrogen-bond acceptors (Lipinski definition) is 9. The van der Waals surface area contributed by atoms with E-state index in [4.69, 9.17) is 0 Å². The van der Waals surface area contributed by atoms with Crippen molar-refractivity contribution in [2.75, 3.05) is 21.1 Å². The van der Waals surface area contributed by atoms with Gasteiger partial charge in [-0.25, -0.2) is 0 Å². The van der Waals surface area contributed by atoms with Gasteiger partial charge in [0.2, 0.25) is 0 Å². The second kappa shape index (κ2) is 26.3. The molecule has 0 aliphatic carbocycles. The second-order valence-corrected chi connectivity index (χ2v) is 7.01. The summed E-state index contributed by atoms with van der Waals surface area (Å²) in [5.41, 5.74) is 0. The standard InChI is InChI=1S/C7H16NO2P.C7H14NO2P.C6H12NO2P.H2/c2*1-3-4-5-6(8-2)7(9)10-11;1-3-4-5(7-2)6(8)9-10;/h6,8H,3-5,11H2,1-2H3;3-4,6,8H,5,11H2,1-2H3;3,5,7H,1,4,10H2,2H3;1H/b;4-3+;;. The molecular weight excluding hydrogens is 471 g/mol. The first-order valence-corrected chi connectivity index (χ1v) is 11.6. The zero-order valence-corrected chi connectivity index (χ0v) is 23.4. The van der Waals surface area contributed by atoms with Crippen molar-refractivity contribution < 1.29 is 29.4 Å². The third kappa shape index (κ3) is 19.7. The first-order chi connectivity index (χ1) is 15.3. The van der Waals surface area contributed by atoms with Gasteiger partial charge < -0.3 is 29.5 Å². The number of allylic oxidation sites excluding steroid dienone is 1. The first kappa shape index (κ1) is 35.6. The Hall–Kier alpha value is -0.940. The Morgan fingerprint density at radius 3 is 1.59 bits per heavy atom. The Labute approximate surface area is 202 Å². The highest BCUT2D eigenvalue weighted by Crippen LogP contribution is 2.03. The van der Waals surface area contributed by atoms with E-state index in [9.17, 15) is 14.4 Å². The maximum absolute atomic E-state index is 10.9. The van der Waals surface area contributed by atoms with E-state index in [-0.39, 0.29) is 37.5 Å².